The number of likely N-dealkylation sites (tertiary alicyclic amines) is 2. The summed E-state index contributed by atoms with van der Waals surface area (Å²) in [5.41, 5.74) is 4.82. The van der Waals surface area contributed by atoms with E-state index in [2.05, 4.69) is 31.0 Å². The van der Waals surface area contributed by atoms with Crippen LogP contribution in [0, 0.1) is 0 Å². The predicted molar refractivity (Wildman–Crippen MR) is 151 cm³/mol. The molecule has 2 aliphatic rings. The number of carbonyl (C=O) groups is 1. The number of urea groups is 1. The van der Waals surface area contributed by atoms with E-state index in [1.54, 1.807) is 24.5 Å². The van der Waals surface area contributed by atoms with E-state index >= 15 is 0 Å². The Labute approximate surface area is 235 Å². The van der Waals surface area contributed by atoms with E-state index in [1.807, 2.05) is 40.3 Å². The quantitative estimate of drug-likeness (QED) is 0.319. The van der Waals surface area contributed by atoms with E-state index in [1.165, 1.54) is 25.9 Å². The van der Waals surface area contributed by atoms with Gasteiger partial charge in [0.15, 0.2) is 0 Å². The number of benzene rings is 2. The molecule has 41 heavy (non-hydrogen) atoms. The zero-order valence-electron chi connectivity index (χ0n) is 22.6. The summed E-state index contributed by atoms with van der Waals surface area (Å²) in [6, 6.07) is 12.4. The molecule has 0 aliphatic carbocycles. The number of carbonyl (C=O) groups excluding carboxylic acids is 1. The van der Waals surface area contributed by atoms with Crippen LogP contribution in [0.15, 0.2) is 61.2 Å². The number of nitrogens with zero attached hydrogens (tertiary/aromatic N) is 6. The van der Waals surface area contributed by atoms with Crippen molar-refractivity contribution in [3.05, 3.63) is 61.2 Å². The van der Waals surface area contributed by atoms with E-state index in [4.69, 9.17) is 5.10 Å². The van der Waals surface area contributed by atoms with Crippen LogP contribution >= 0.6 is 0 Å². The highest BCUT2D eigenvalue weighted by Gasteiger charge is 2.28. The third-order valence-corrected chi connectivity index (χ3v) is 7.84. The van der Waals surface area contributed by atoms with Crippen molar-refractivity contribution in [2.24, 2.45) is 0 Å². The molecular formula is C29H33F3N8O. The fraction of sp³-hybridized carbons (Fsp3) is 0.414. The molecule has 0 unspecified atom stereocenters. The Morgan fingerprint density at radius 2 is 1.76 bits per heavy atom. The second-order valence-corrected chi connectivity index (χ2v) is 10.8. The van der Waals surface area contributed by atoms with E-state index in [0.29, 0.717) is 11.7 Å². The number of anilines is 1. The molecular weight excluding hydrogens is 533 g/mol. The van der Waals surface area contributed by atoms with Crippen LogP contribution in [0.2, 0.25) is 0 Å². The molecule has 2 N–H and O–H groups in total. The molecule has 2 aromatic carbocycles. The Hall–Kier alpha value is -3.90. The second kappa shape index (κ2) is 11.5. The molecule has 12 heteroatoms. The van der Waals surface area contributed by atoms with Gasteiger partial charge in [0.25, 0.3) is 0 Å². The van der Waals surface area contributed by atoms with E-state index in [-0.39, 0.29) is 0 Å². The summed E-state index contributed by atoms with van der Waals surface area (Å²) >= 11 is 0. The first-order valence-corrected chi connectivity index (χ1v) is 14.0. The normalized spacial score (nSPS) is 17.3. The van der Waals surface area contributed by atoms with Crippen LogP contribution in [0.4, 0.5) is 23.7 Å². The summed E-state index contributed by atoms with van der Waals surface area (Å²) in [5, 5.41) is 8.95. The lowest BCUT2D eigenvalue weighted by atomic mass is 10.1. The highest BCUT2D eigenvalue weighted by Crippen LogP contribution is 2.29. The average Bonchev–Trinajstić information content (AvgIpc) is 3.73. The first-order chi connectivity index (χ1) is 19.8. The van der Waals surface area contributed by atoms with Crippen LogP contribution in [0.1, 0.15) is 31.7 Å². The van der Waals surface area contributed by atoms with Crippen molar-refractivity contribution < 1.29 is 18.0 Å². The number of hydrogen-bond donors (Lipinski definition) is 2. The van der Waals surface area contributed by atoms with Crippen molar-refractivity contribution >= 4 is 22.8 Å². The Morgan fingerprint density at radius 1 is 0.976 bits per heavy atom. The molecule has 0 spiro atoms. The summed E-state index contributed by atoms with van der Waals surface area (Å²) < 4.78 is 41.1. The minimum atomic E-state index is -4.48. The number of aromatic nitrogens is 4. The van der Waals surface area contributed by atoms with Gasteiger partial charge in [-0.1, -0.05) is 12.1 Å². The van der Waals surface area contributed by atoms with Crippen molar-refractivity contribution in [2.45, 2.75) is 37.9 Å². The third-order valence-electron chi connectivity index (χ3n) is 7.84. The molecule has 0 saturated carbocycles. The number of fused-ring (bicyclic) bond motifs is 1. The van der Waals surface area contributed by atoms with Crippen molar-refractivity contribution in [3.63, 3.8) is 0 Å². The van der Waals surface area contributed by atoms with Gasteiger partial charge >= 0.3 is 12.2 Å². The smallest absolute Gasteiger partial charge is 0.329 e. The number of imidazole rings is 1. The molecule has 2 saturated heterocycles. The number of alkyl halides is 3. The van der Waals surface area contributed by atoms with Crippen molar-refractivity contribution in [2.75, 3.05) is 44.7 Å². The number of hydrogen-bond acceptors (Lipinski definition) is 5. The topological polar surface area (TPSA) is 83.2 Å². The largest absolute Gasteiger partial charge is 0.405 e. The molecule has 4 aromatic rings. The van der Waals surface area contributed by atoms with Crippen LogP contribution in [0.3, 0.4) is 0 Å². The average molecular weight is 567 g/mol. The number of rotatable bonds is 7. The van der Waals surface area contributed by atoms with Crippen molar-refractivity contribution in [3.8, 4) is 16.8 Å². The summed E-state index contributed by atoms with van der Waals surface area (Å²) in [6.45, 7) is 4.32. The summed E-state index contributed by atoms with van der Waals surface area (Å²) in [5.74, 6) is 0. The van der Waals surface area contributed by atoms with E-state index in [0.717, 1.165) is 60.4 Å². The van der Waals surface area contributed by atoms with Gasteiger partial charge in [0, 0.05) is 36.2 Å². The Morgan fingerprint density at radius 3 is 2.54 bits per heavy atom. The van der Waals surface area contributed by atoms with Gasteiger partial charge in [-0.15, -0.1) is 0 Å². The lowest BCUT2D eigenvalue weighted by Crippen LogP contribution is -2.41. The highest BCUT2D eigenvalue weighted by atomic mass is 19.4. The zero-order chi connectivity index (χ0) is 28.4. The van der Waals surface area contributed by atoms with Crippen LogP contribution in [0.5, 0.6) is 0 Å². The van der Waals surface area contributed by atoms with Gasteiger partial charge < -0.3 is 10.6 Å². The van der Waals surface area contributed by atoms with Gasteiger partial charge in [0.05, 0.1) is 29.9 Å². The fourth-order valence-electron chi connectivity index (χ4n) is 5.71. The van der Waals surface area contributed by atoms with E-state index in [9.17, 15) is 18.0 Å². The minimum Gasteiger partial charge on any atom is -0.329 e. The second-order valence-electron chi connectivity index (χ2n) is 10.8. The van der Waals surface area contributed by atoms with Crippen LogP contribution in [-0.2, 0) is 0 Å². The number of halogens is 3. The highest BCUT2D eigenvalue weighted by molar-refractivity contribution is 5.90. The van der Waals surface area contributed by atoms with Crippen LogP contribution in [-0.4, -0.2) is 80.7 Å². The molecule has 2 aromatic heterocycles. The van der Waals surface area contributed by atoms with Gasteiger partial charge in [0.1, 0.15) is 12.9 Å². The lowest BCUT2D eigenvalue weighted by Gasteiger charge is -2.34. The Kier molecular flexibility index (Phi) is 7.67. The first kappa shape index (κ1) is 27.3. The Bertz CT molecular complexity index is 1500. The van der Waals surface area contributed by atoms with Gasteiger partial charge in [-0.05, 0) is 74.7 Å². The standard InChI is InChI=1S/C29H33F3N8O/c30-29(31,32)18-33-28(41)36-23-4-3-5-25(15-23)39-19-34-26-14-21(6-7-27(26)39)22-16-35-40(17-22)24-8-12-38(13-9-24)20-37-10-1-2-11-37/h3-7,14-17,19,24H,1-2,8-13,18,20H2,(H2,33,36,41). The monoisotopic (exact) mass is 566 g/mol. The predicted octanol–water partition coefficient (Wildman–Crippen LogP) is 5.26. The first-order valence-electron chi connectivity index (χ1n) is 14.0. The maximum Gasteiger partial charge on any atom is 0.405 e. The van der Waals surface area contributed by atoms with Crippen LogP contribution < -0.4 is 10.6 Å². The van der Waals surface area contributed by atoms with Gasteiger partial charge in [0.2, 0.25) is 0 Å². The number of piperidine rings is 1. The molecule has 6 rings (SSSR count). The van der Waals surface area contributed by atoms with Crippen molar-refractivity contribution in [1.82, 2.24) is 34.4 Å². The molecule has 0 bridgehead atoms. The molecule has 0 radical (unpaired) electrons. The molecule has 2 amide bonds. The fourth-order valence-corrected chi connectivity index (χ4v) is 5.71. The molecule has 9 nitrogen and oxygen atoms in total. The minimum absolute atomic E-state index is 0.370. The molecule has 0 atom stereocenters. The Balaban J connectivity index is 1.11. The number of amides is 2. The summed E-state index contributed by atoms with van der Waals surface area (Å²) in [4.78, 5) is 21.6. The maximum atomic E-state index is 12.4. The summed E-state index contributed by atoms with van der Waals surface area (Å²) in [7, 11) is 0. The maximum absolute atomic E-state index is 12.4. The van der Waals surface area contributed by atoms with Crippen LogP contribution in [0.25, 0.3) is 27.8 Å². The van der Waals surface area contributed by atoms with Gasteiger partial charge in [-0.2, -0.15) is 18.3 Å². The van der Waals surface area contributed by atoms with E-state index < -0.39 is 18.8 Å². The molecule has 216 valence electrons. The molecule has 4 heterocycles. The third kappa shape index (κ3) is 6.54. The van der Waals surface area contributed by atoms with Gasteiger partial charge in [-0.25, -0.2) is 9.78 Å². The molecule has 2 fully saturated rings. The zero-order valence-corrected chi connectivity index (χ0v) is 22.6. The number of nitrogens with one attached hydrogen (secondary N) is 2. The SMILES string of the molecule is O=C(NCC(F)(F)F)Nc1cccc(-n2cnc3cc(-c4cnn(C5CCN(CN6CCCC6)CC5)c4)ccc32)c1. The van der Waals surface area contributed by atoms with Crippen molar-refractivity contribution in [1.29, 1.82) is 0 Å². The lowest BCUT2D eigenvalue weighted by molar-refractivity contribution is -0.122. The summed E-state index contributed by atoms with van der Waals surface area (Å²) in [6.07, 6.45) is 6.08. The molecule has 2 aliphatic heterocycles. The van der Waals surface area contributed by atoms with Gasteiger partial charge in [-0.3, -0.25) is 19.0 Å².